The van der Waals surface area contributed by atoms with Crippen LogP contribution in [0.2, 0.25) is 0 Å². The van der Waals surface area contributed by atoms with Crippen LogP contribution in [0.15, 0.2) is 11.6 Å². The molecule has 4 rings (SSSR count). The lowest BCUT2D eigenvalue weighted by atomic mass is 9.48. The molecule has 0 aliphatic heterocycles. The first kappa shape index (κ1) is 20.9. The lowest BCUT2D eigenvalue weighted by Crippen LogP contribution is -2.53. The summed E-state index contributed by atoms with van der Waals surface area (Å²) in [6.45, 7) is 7.61. The first-order valence-corrected chi connectivity index (χ1v) is 12.0. The van der Waals surface area contributed by atoms with E-state index in [9.17, 15) is 5.11 Å². The summed E-state index contributed by atoms with van der Waals surface area (Å²) in [4.78, 5) is 5.03. The molecule has 7 atom stereocenters. The fraction of sp³-hybridized carbons (Fsp3) is 0.920. The molecule has 3 fully saturated rings. The molecule has 3 heteroatoms. The topological polar surface area (TPSA) is 26.7 Å². The molecule has 0 aromatic heterocycles. The van der Waals surface area contributed by atoms with Crippen molar-refractivity contribution in [1.29, 1.82) is 0 Å². The summed E-state index contributed by atoms with van der Waals surface area (Å²) in [5, 5.41) is 10.2. The average Bonchev–Trinajstić information content (AvgIpc) is 2.99. The molecule has 160 valence electrons. The highest BCUT2D eigenvalue weighted by molar-refractivity contribution is 5.25. The van der Waals surface area contributed by atoms with Crippen molar-refractivity contribution < 1.29 is 5.11 Å². The molecule has 0 bridgehead atoms. The van der Waals surface area contributed by atoms with Gasteiger partial charge in [-0.3, -0.25) is 0 Å². The van der Waals surface area contributed by atoms with Crippen LogP contribution in [0.4, 0.5) is 0 Å². The van der Waals surface area contributed by atoms with Crippen LogP contribution < -0.4 is 0 Å². The van der Waals surface area contributed by atoms with E-state index in [0.717, 1.165) is 36.6 Å². The Morgan fingerprint density at radius 2 is 1.79 bits per heavy atom. The van der Waals surface area contributed by atoms with E-state index in [-0.39, 0.29) is 6.10 Å². The predicted octanol–water partition coefficient (Wildman–Crippen LogP) is 4.56. The minimum atomic E-state index is -0.0867. The van der Waals surface area contributed by atoms with Gasteiger partial charge in [0.05, 0.1) is 6.10 Å². The van der Waals surface area contributed by atoms with Crippen molar-refractivity contribution >= 4 is 0 Å². The van der Waals surface area contributed by atoms with Gasteiger partial charge in [0, 0.05) is 6.04 Å². The fourth-order valence-electron chi connectivity index (χ4n) is 8.13. The zero-order chi connectivity index (χ0) is 20.1. The van der Waals surface area contributed by atoms with Crippen molar-refractivity contribution in [3.05, 3.63) is 11.6 Å². The molecule has 3 nitrogen and oxygen atoms in total. The van der Waals surface area contributed by atoms with Gasteiger partial charge in [-0.05, 0) is 121 Å². The first-order chi connectivity index (χ1) is 13.3. The van der Waals surface area contributed by atoms with Crippen molar-refractivity contribution in [2.45, 2.75) is 83.8 Å². The largest absolute Gasteiger partial charge is 0.393 e. The van der Waals surface area contributed by atoms with Gasteiger partial charge in [-0.2, -0.15) is 0 Å². The summed E-state index contributed by atoms with van der Waals surface area (Å²) >= 11 is 0. The van der Waals surface area contributed by atoms with Crippen molar-refractivity contribution in [3.63, 3.8) is 0 Å². The second-order valence-electron chi connectivity index (χ2n) is 11.4. The molecule has 0 spiro atoms. The quantitative estimate of drug-likeness (QED) is 0.699. The molecule has 0 aromatic rings. The first-order valence-electron chi connectivity index (χ1n) is 12.0. The molecule has 28 heavy (non-hydrogen) atoms. The maximum absolute atomic E-state index is 10.2. The van der Waals surface area contributed by atoms with Gasteiger partial charge in [-0.15, -0.1) is 0 Å². The third kappa shape index (κ3) is 3.40. The summed E-state index contributed by atoms with van der Waals surface area (Å²) < 4.78 is 0. The molecule has 0 heterocycles. The smallest absolute Gasteiger partial charge is 0.0577 e. The Labute approximate surface area is 173 Å². The highest BCUT2D eigenvalue weighted by Gasteiger charge is 2.59. The second-order valence-corrected chi connectivity index (χ2v) is 11.4. The van der Waals surface area contributed by atoms with Crippen LogP contribution in [0.5, 0.6) is 0 Å². The maximum Gasteiger partial charge on any atom is 0.0577 e. The van der Waals surface area contributed by atoms with Crippen LogP contribution in [0.1, 0.15) is 71.6 Å². The fourth-order valence-corrected chi connectivity index (χ4v) is 8.13. The Balaban J connectivity index is 1.49. The molecule has 1 N–H and O–H groups in total. The SMILES string of the molecule is CN(C)CCCN(C)[C@H]1CCC2C3CC=C4C[C@@H](O)CC[C@]4(C)C3CC[C@@]21C. The van der Waals surface area contributed by atoms with Crippen molar-refractivity contribution in [3.8, 4) is 0 Å². The normalized spacial score (nSPS) is 45.6. The Bertz CT molecular complexity index is 601. The number of nitrogens with zero attached hydrogens (tertiary/aromatic N) is 2. The third-order valence-corrected chi connectivity index (χ3v) is 9.68. The molecule has 3 unspecified atom stereocenters. The van der Waals surface area contributed by atoms with E-state index in [1.165, 1.54) is 58.0 Å². The van der Waals surface area contributed by atoms with E-state index in [4.69, 9.17) is 0 Å². The summed E-state index contributed by atoms with van der Waals surface area (Å²) in [5.74, 6) is 2.63. The van der Waals surface area contributed by atoms with Crippen LogP contribution in [-0.4, -0.2) is 61.3 Å². The zero-order valence-electron chi connectivity index (χ0n) is 19.1. The lowest BCUT2D eigenvalue weighted by molar-refractivity contribution is -0.0565. The number of fused-ring (bicyclic) bond motifs is 5. The van der Waals surface area contributed by atoms with E-state index in [1.807, 2.05) is 0 Å². The van der Waals surface area contributed by atoms with Crippen LogP contribution in [0.25, 0.3) is 0 Å². The minimum absolute atomic E-state index is 0.0867. The number of allylic oxidation sites excluding steroid dienone is 1. The highest BCUT2D eigenvalue weighted by atomic mass is 16.3. The third-order valence-electron chi connectivity index (χ3n) is 9.68. The van der Waals surface area contributed by atoms with Gasteiger partial charge in [0.15, 0.2) is 0 Å². The number of hydrogen-bond acceptors (Lipinski definition) is 3. The maximum atomic E-state index is 10.2. The van der Waals surface area contributed by atoms with Crippen LogP contribution >= 0.6 is 0 Å². The average molecular weight is 389 g/mol. The van der Waals surface area contributed by atoms with Crippen LogP contribution in [0, 0.1) is 28.6 Å². The number of aliphatic hydroxyl groups excluding tert-OH is 1. The monoisotopic (exact) mass is 388 g/mol. The highest BCUT2D eigenvalue weighted by Crippen LogP contribution is 2.65. The van der Waals surface area contributed by atoms with Gasteiger partial charge in [0.1, 0.15) is 0 Å². The van der Waals surface area contributed by atoms with Crippen molar-refractivity contribution in [2.24, 2.45) is 28.6 Å². The Morgan fingerprint density at radius 1 is 1.00 bits per heavy atom. The standard InChI is InChI=1S/C25H44N2O/c1-24-13-11-19(28)17-18(24)7-8-20-21-9-10-23(25(21,2)14-12-22(20)24)27(5)16-6-15-26(3)4/h7,19-23,28H,6,8-17H2,1-5H3/t19-,20?,21?,22?,23-,24-,25-/m0/s1. The van der Waals surface area contributed by atoms with Gasteiger partial charge in [0.2, 0.25) is 0 Å². The molecule has 4 aliphatic rings. The van der Waals surface area contributed by atoms with Gasteiger partial charge in [-0.1, -0.05) is 25.5 Å². The van der Waals surface area contributed by atoms with E-state index in [2.05, 4.69) is 50.9 Å². The van der Waals surface area contributed by atoms with E-state index in [1.54, 1.807) is 5.57 Å². The molecule has 0 aromatic carbocycles. The number of aliphatic hydroxyl groups is 1. The van der Waals surface area contributed by atoms with Gasteiger partial charge >= 0.3 is 0 Å². The molecular weight excluding hydrogens is 344 g/mol. The number of rotatable bonds is 5. The van der Waals surface area contributed by atoms with Gasteiger partial charge in [0.25, 0.3) is 0 Å². The van der Waals surface area contributed by atoms with E-state index >= 15 is 0 Å². The van der Waals surface area contributed by atoms with Gasteiger partial charge in [-0.25, -0.2) is 0 Å². The Morgan fingerprint density at radius 3 is 2.54 bits per heavy atom. The molecule has 3 saturated carbocycles. The summed E-state index contributed by atoms with van der Waals surface area (Å²) in [7, 11) is 6.76. The Hall–Kier alpha value is -0.380. The van der Waals surface area contributed by atoms with Crippen molar-refractivity contribution in [1.82, 2.24) is 9.80 Å². The molecule has 0 saturated heterocycles. The summed E-state index contributed by atoms with van der Waals surface area (Å²) in [6, 6.07) is 0.770. The predicted molar refractivity (Wildman–Crippen MR) is 117 cm³/mol. The van der Waals surface area contributed by atoms with E-state index < -0.39 is 0 Å². The summed E-state index contributed by atoms with van der Waals surface area (Å²) in [5.41, 5.74) is 2.48. The summed E-state index contributed by atoms with van der Waals surface area (Å²) in [6.07, 6.45) is 13.8. The zero-order valence-corrected chi connectivity index (χ0v) is 19.1. The second kappa shape index (κ2) is 7.71. The number of hydrogen-bond donors (Lipinski definition) is 1. The molecule has 0 amide bonds. The molecular formula is C25H44N2O. The molecule has 4 aliphatic carbocycles. The van der Waals surface area contributed by atoms with Crippen molar-refractivity contribution in [2.75, 3.05) is 34.2 Å². The molecule has 0 radical (unpaired) electrons. The van der Waals surface area contributed by atoms with E-state index in [0.29, 0.717) is 10.8 Å². The van der Waals surface area contributed by atoms with Crippen LogP contribution in [-0.2, 0) is 0 Å². The van der Waals surface area contributed by atoms with Gasteiger partial charge < -0.3 is 14.9 Å². The minimum Gasteiger partial charge on any atom is -0.393 e. The lowest BCUT2D eigenvalue weighted by Gasteiger charge is -2.58. The Kier molecular flexibility index (Phi) is 5.74. The van der Waals surface area contributed by atoms with Crippen LogP contribution in [0.3, 0.4) is 0 Å².